The van der Waals surface area contributed by atoms with Crippen LogP contribution in [0.1, 0.15) is 24.3 Å². The van der Waals surface area contributed by atoms with Crippen molar-refractivity contribution in [1.29, 1.82) is 0 Å². The highest BCUT2D eigenvalue weighted by molar-refractivity contribution is 5.96. The van der Waals surface area contributed by atoms with Crippen molar-refractivity contribution in [3.63, 3.8) is 0 Å². The molecule has 1 atom stereocenters. The fourth-order valence-corrected chi connectivity index (χ4v) is 1.19. The molecule has 0 saturated carbocycles. The topological polar surface area (TPSA) is 93.2 Å². The number of carbonyl (C=O) groups excluding carboxylic acids is 1. The van der Waals surface area contributed by atoms with Gasteiger partial charge >= 0.3 is 0 Å². The van der Waals surface area contributed by atoms with Crippen LogP contribution in [-0.2, 0) is 6.54 Å². The predicted octanol–water partition coefficient (Wildman–Crippen LogP) is -0.157. The Kier molecular flexibility index (Phi) is 4.30. The molecule has 1 rings (SSSR count). The third-order valence-corrected chi connectivity index (χ3v) is 2.25. The van der Waals surface area contributed by atoms with Crippen molar-refractivity contribution in [1.82, 2.24) is 15.1 Å². The number of nitrogens with one attached hydrogen (secondary N) is 1. The largest absolute Gasteiger partial charge is 0.396 e. The lowest BCUT2D eigenvalue weighted by molar-refractivity contribution is 0.0937. The van der Waals surface area contributed by atoms with Gasteiger partial charge in [-0.25, -0.2) is 0 Å². The molecule has 0 aliphatic rings. The summed E-state index contributed by atoms with van der Waals surface area (Å²) in [5.41, 5.74) is 6.28. The Morgan fingerprint density at radius 1 is 1.75 bits per heavy atom. The first-order chi connectivity index (χ1) is 7.58. The van der Waals surface area contributed by atoms with Gasteiger partial charge in [-0.15, -0.1) is 0 Å². The quantitative estimate of drug-likeness (QED) is 0.650. The molecule has 1 aromatic heterocycles. The maximum Gasteiger partial charge on any atom is 0.273 e. The van der Waals surface area contributed by atoms with E-state index in [2.05, 4.69) is 10.4 Å². The molecule has 1 amide bonds. The molecule has 0 radical (unpaired) electrons. The van der Waals surface area contributed by atoms with E-state index in [0.717, 1.165) is 0 Å². The molecule has 1 heterocycles. The molecule has 90 valence electrons. The van der Waals surface area contributed by atoms with Crippen LogP contribution in [0.25, 0.3) is 0 Å². The van der Waals surface area contributed by atoms with Crippen LogP contribution in [0.4, 0.5) is 5.69 Å². The first kappa shape index (κ1) is 12.5. The first-order valence-electron chi connectivity index (χ1n) is 5.30. The lowest BCUT2D eigenvalue weighted by Gasteiger charge is -2.08. The monoisotopic (exact) mass is 226 g/mol. The number of anilines is 1. The molecule has 0 aromatic carbocycles. The van der Waals surface area contributed by atoms with Gasteiger partial charge in [0, 0.05) is 25.9 Å². The summed E-state index contributed by atoms with van der Waals surface area (Å²) in [6.07, 6.45) is 1.63. The third kappa shape index (κ3) is 2.96. The van der Waals surface area contributed by atoms with Gasteiger partial charge in [-0.3, -0.25) is 9.48 Å². The van der Waals surface area contributed by atoms with Gasteiger partial charge in [-0.2, -0.15) is 5.10 Å². The lowest BCUT2D eigenvalue weighted by Crippen LogP contribution is -2.30. The van der Waals surface area contributed by atoms with Crippen molar-refractivity contribution in [3.05, 3.63) is 11.9 Å². The number of hydrogen-bond donors (Lipinski definition) is 3. The van der Waals surface area contributed by atoms with Crippen LogP contribution in [-0.4, -0.2) is 33.9 Å². The fourth-order valence-electron chi connectivity index (χ4n) is 1.19. The van der Waals surface area contributed by atoms with Gasteiger partial charge < -0.3 is 16.2 Å². The number of rotatable bonds is 5. The maximum absolute atomic E-state index is 11.7. The van der Waals surface area contributed by atoms with Crippen molar-refractivity contribution in [2.75, 3.05) is 18.9 Å². The van der Waals surface area contributed by atoms with E-state index in [4.69, 9.17) is 10.8 Å². The number of aryl methyl sites for hydroxylation is 1. The van der Waals surface area contributed by atoms with Crippen LogP contribution >= 0.6 is 0 Å². The van der Waals surface area contributed by atoms with E-state index in [-0.39, 0.29) is 24.1 Å². The molecule has 0 saturated heterocycles. The second-order valence-corrected chi connectivity index (χ2v) is 3.79. The average molecular weight is 226 g/mol. The van der Waals surface area contributed by atoms with Gasteiger partial charge in [0.1, 0.15) is 0 Å². The Labute approximate surface area is 94.4 Å². The Bertz CT molecular complexity index is 362. The minimum absolute atomic E-state index is 0.0263. The molecule has 4 N–H and O–H groups in total. The van der Waals surface area contributed by atoms with Crippen LogP contribution in [0.2, 0.25) is 0 Å². The number of aliphatic hydroxyl groups is 1. The molecule has 1 unspecified atom stereocenters. The molecule has 0 bridgehead atoms. The fraction of sp³-hybridized carbons (Fsp3) is 0.600. The van der Waals surface area contributed by atoms with Gasteiger partial charge in [0.2, 0.25) is 0 Å². The van der Waals surface area contributed by atoms with Crippen LogP contribution in [0.15, 0.2) is 6.20 Å². The van der Waals surface area contributed by atoms with E-state index in [1.807, 2.05) is 13.8 Å². The smallest absolute Gasteiger partial charge is 0.273 e. The van der Waals surface area contributed by atoms with Gasteiger partial charge in [-0.05, 0) is 12.8 Å². The summed E-state index contributed by atoms with van der Waals surface area (Å²) in [5.74, 6) is -0.275. The number of amides is 1. The molecule has 16 heavy (non-hydrogen) atoms. The van der Waals surface area contributed by atoms with E-state index in [9.17, 15) is 4.79 Å². The number of aromatic nitrogens is 2. The number of carbonyl (C=O) groups is 1. The predicted molar refractivity (Wildman–Crippen MR) is 60.9 cm³/mol. The summed E-state index contributed by atoms with van der Waals surface area (Å²) in [7, 11) is 0. The van der Waals surface area contributed by atoms with Crippen LogP contribution in [0, 0.1) is 5.92 Å². The van der Waals surface area contributed by atoms with Gasteiger partial charge in [0.15, 0.2) is 5.69 Å². The van der Waals surface area contributed by atoms with Crippen molar-refractivity contribution >= 4 is 11.6 Å². The summed E-state index contributed by atoms with van der Waals surface area (Å²) < 4.78 is 1.61. The second-order valence-electron chi connectivity index (χ2n) is 3.79. The number of aliphatic hydroxyl groups excluding tert-OH is 1. The zero-order valence-corrected chi connectivity index (χ0v) is 9.60. The average Bonchev–Trinajstić information content (AvgIpc) is 2.67. The van der Waals surface area contributed by atoms with E-state index in [1.54, 1.807) is 10.9 Å². The normalized spacial score (nSPS) is 12.4. The zero-order chi connectivity index (χ0) is 12.1. The lowest BCUT2D eigenvalue weighted by atomic mass is 10.2. The molecular weight excluding hydrogens is 208 g/mol. The van der Waals surface area contributed by atoms with E-state index in [1.165, 1.54) is 0 Å². The van der Waals surface area contributed by atoms with Crippen LogP contribution < -0.4 is 11.1 Å². The number of nitrogens with two attached hydrogens (primary N) is 1. The maximum atomic E-state index is 11.7. The van der Waals surface area contributed by atoms with Crippen molar-refractivity contribution in [2.24, 2.45) is 5.92 Å². The van der Waals surface area contributed by atoms with Crippen molar-refractivity contribution in [2.45, 2.75) is 20.4 Å². The molecule has 0 aliphatic carbocycles. The highest BCUT2D eigenvalue weighted by Gasteiger charge is 2.14. The SMILES string of the molecule is CCn1cc(N)c(C(=O)NCC(C)CO)n1. The number of hydrogen-bond acceptors (Lipinski definition) is 4. The van der Waals surface area contributed by atoms with Crippen molar-refractivity contribution < 1.29 is 9.90 Å². The Morgan fingerprint density at radius 2 is 2.44 bits per heavy atom. The third-order valence-electron chi connectivity index (χ3n) is 2.25. The molecular formula is C10H18N4O2. The van der Waals surface area contributed by atoms with E-state index < -0.39 is 0 Å². The first-order valence-corrected chi connectivity index (χ1v) is 5.30. The van der Waals surface area contributed by atoms with E-state index >= 15 is 0 Å². The minimum atomic E-state index is -0.301. The standard InChI is InChI=1S/C10H18N4O2/c1-3-14-5-8(11)9(13-14)10(16)12-4-7(2)6-15/h5,7,15H,3-4,6,11H2,1-2H3,(H,12,16). The molecule has 1 aromatic rings. The summed E-state index contributed by atoms with van der Waals surface area (Å²) in [4.78, 5) is 11.7. The number of nitrogens with zero attached hydrogens (tertiary/aromatic N) is 2. The molecule has 6 nitrogen and oxygen atoms in total. The minimum Gasteiger partial charge on any atom is -0.396 e. The summed E-state index contributed by atoms with van der Waals surface area (Å²) >= 11 is 0. The van der Waals surface area contributed by atoms with Crippen molar-refractivity contribution in [3.8, 4) is 0 Å². The van der Waals surface area contributed by atoms with Crippen LogP contribution in [0.5, 0.6) is 0 Å². The molecule has 0 spiro atoms. The summed E-state index contributed by atoms with van der Waals surface area (Å²) in [5, 5.41) is 15.5. The summed E-state index contributed by atoms with van der Waals surface area (Å²) in [6.45, 7) is 4.88. The Hall–Kier alpha value is -1.56. The van der Waals surface area contributed by atoms with Gasteiger partial charge in [0.05, 0.1) is 5.69 Å². The molecule has 6 heteroatoms. The van der Waals surface area contributed by atoms with Crippen LogP contribution in [0.3, 0.4) is 0 Å². The highest BCUT2D eigenvalue weighted by atomic mass is 16.3. The van der Waals surface area contributed by atoms with E-state index in [0.29, 0.717) is 18.8 Å². The summed E-state index contributed by atoms with van der Waals surface area (Å²) in [6, 6.07) is 0. The number of nitrogen functional groups attached to an aromatic ring is 1. The second kappa shape index (κ2) is 5.50. The Balaban J connectivity index is 2.62. The molecule has 0 fully saturated rings. The van der Waals surface area contributed by atoms with Gasteiger partial charge in [0.25, 0.3) is 5.91 Å². The van der Waals surface area contributed by atoms with Gasteiger partial charge in [-0.1, -0.05) is 6.92 Å². The zero-order valence-electron chi connectivity index (χ0n) is 9.60. The Morgan fingerprint density at radius 3 is 2.94 bits per heavy atom. The highest BCUT2D eigenvalue weighted by Crippen LogP contribution is 2.08. The molecule has 0 aliphatic heterocycles.